The second kappa shape index (κ2) is 11.2. The molecule has 0 bridgehead atoms. The number of carbonyl (C=O) groups excluding carboxylic acids is 2. The third kappa shape index (κ3) is 5.39. The van der Waals surface area contributed by atoms with Gasteiger partial charge >= 0.3 is 5.97 Å². The van der Waals surface area contributed by atoms with Crippen LogP contribution in [-0.2, 0) is 11.3 Å². The number of benzene rings is 4. The third-order valence-corrected chi connectivity index (χ3v) is 7.25. The molecule has 1 aliphatic rings. The molecule has 0 spiro atoms. The molecule has 7 heteroatoms. The van der Waals surface area contributed by atoms with Gasteiger partial charge in [-0.15, -0.1) is 0 Å². The Bertz CT molecular complexity index is 1710. The lowest BCUT2D eigenvalue weighted by Crippen LogP contribution is -2.41. The van der Waals surface area contributed by atoms with Gasteiger partial charge in [-0.1, -0.05) is 48.5 Å². The highest BCUT2D eigenvalue weighted by Gasteiger charge is 2.24. The molecule has 206 valence electrons. The van der Waals surface area contributed by atoms with E-state index in [2.05, 4.69) is 4.90 Å². The van der Waals surface area contributed by atoms with E-state index in [0.717, 1.165) is 29.2 Å². The number of aromatic nitrogens is 1. The molecule has 5 aromatic rings. The van der Waals surface area contributed by atoms with Crippen molar-refractivity contribution in [2.45, 2.75) is 19.6 Å². The predicted molar refractivity (Wildman–Crippen MR) is 158 cm³/mol. The molecule has 4 aromatic carbocycles. The minimum atomic E-state index is -0.429. The summed E-state index contributed by atoms with van der Waals surface area (Å²) in [4.78, 5) is 28.7. The molecule has 0 saturated carbocycles. The largest absolute Gasteiger partial charge is 0.490 e. The topological polar surface area (TPSA) is 70.0 Å². The summed E-state index contributed by atoms with van der Waals surface area (Å²) in [5, 5.41) is 0.676. The molecule has 0 fully saturated rings. The molecule has 0 N–H and O–H groups in total. The maximum Gasteiger partial charge on any atom is 0.339 e. The molecule has 7 nitrogen and oxygen atoms in total. The number of fused-ring (bicyclic) bond motifs is 2. The molecule has 1 atom stereocenters. The number of aryl methyl sites for hydroxylation is 1. The van der Waals surface area contributed by atoms with Crippen LogP contribution in [0.3, 0.4) is 0 Å². The van der Waals surface area contributed by atoms with Gasteiger partial charge in [0.25, 0.3) is 5.91 Å². The van der Waals surface area contributed by atoms with E-state index in [0.29, 0.717) is 34.4 Å². The number of hydrogen-bond acceptors (Lipinski definition) is 6. The molecule has 1 aliphatic heterocycles. The molecular formula is C34H30N2O5. The lowest BCUT2D eigenvalue weighted by Gasteiger charge is -2.33. The Morgan fingerprint density at radius 1 is 0.902 bits per heavy atom. The van der Waals surface area contributed by atoms with Crippen molar-refractivity contribution in [2.24, 2.45) is 0 Å². The van der Waals surface area contributed by atoms with Crippen molar-refractivity contribution in [2.75, 3.05) is 25.1 Å². The van der Waals surface area contributed by atoms with E-state index >= 15 is 0 Å². The van der Waals surface area contributed by atoms with E-state index in [1.165, 1.54) is 0 Å². The second-order valence-corrected chi connectivity index (χ2v) is 10.1. The van der Waals surface area contributed by atoms with Crippen molar-refractivity contribution in [3.05, 3.63) is 126 Å². The van der Waals surface area contributed by atoms with E-state index in [9.17, 15) is 9.59 Å². The van der Waals surface area contributed by atoms with Gasteiger partial charge in [-0.3, -0.25) is 9.36 Å². The first-order valence-electron chi connectivity index (χ1n) is 13.5. The second-order valence-electron chi connectivity index (χ2n) is 10.1. The molecule has 0 radical (unpaired) electrons. The standard InChI is InChI=1S/C34H30N2O5/c1-23-19-29-28(34(38)40-21-24-9-4-3-5-10-24)11-8-13-30(29)36(23)33(37)25-15-17-26(18-16-25)39-22-27-20-35(2)31-12-6-7-14-32(31)41-27/h3-19,27H,20-22H2,1-2H3/t27-/m0/s1. The quantitative estimate of drug-likeness (QED) is 0.224. The Labute approximate surface area is 238 Å². The van der Waals surface area contributed by atoms with Crippen molar-refractivity contribution < 1.29 is 23.8 Å². The van der Waals surface area contributed by atoms with E-state index in [1.54, 1.807) is 41.0 Å². The van der Waals surface area contributed by atoms with Gasteiger partial charge in [0.1, 0.15) is 30.8 Å². The van der Waals surface area contributed by atoms with Crippen molar-refractivity contribution in [1.29, 1.82) is 0 Å². The fourth-order valence-electron chi connectivity index (χ4n) is 5.20. The van der Waals surface area contributed by atoms with E-state index in [1.807, 2.05) is 80.7 Å². The fourth-order valence-corrected chi connectivity index (χ4v) is 5.20. The van der Waals surface area contributed by atoms with Crippen molar-refractivity contribution in [3.63, 3.8) is 0 Å². The number of hydrogen-bond donors (Lipinski definition) is 0. The monoisotopic (exact) mass is 546 g/mol. The molecule has 41 heavy (non-hydrogen) atoms. The van der Waals surface area contributed by atoms with Gasteiger partial charge in [0.2, 0.25) is 0 Å². The molecule has 1 aromatic heterocycles. The Morgan fingerprint density at radius 3 is 2.46 bits per heavy atom. The van der Waals surface area contributed by atoms with Gasteiger partial charge in [0.05, 0.1) is 23.3 Å². The van der Waals surface area contributed by atoms with Crippen molar-refractivity contribution in [3.8, 4) is 11.5 Å². The first kappa shape index (κ1) is 26.2. The average Bonchev–Trinajstić information content (AvgIpc) is 3.35. The Hall–Kier alpha value is -5.04. The molecule has 0 amide bonds. The molecule has 6 rings (SSSR count). The maximum absolute atomic E-state index is 13.6. The molecule has 0 aliphatic carbocycles. The van der Waals surface area contributed by atoms with Gasteiger partial charge in [-0.25, -0.2) is 4.79 Å². The number of rotatable bonds is 7. The van der Waals surface area contributed by atoms with Crippen LogP contribution in [0.2, 0.25) is 0 Å². The number of ether oxygens (including phenoxy) is 3. The number of likely N-dealkylation sites (N-methyl/N-ethyl adjacent to an activating group) is 1. The highest BCUT2D eigenvalue weighted by molar-refractivity contribution is 6.09. The summed E-state index contributed by atoms with van der Waals surface area (Å²) in [5.74, 6) is 0.886. The average molecular weight is 547 g/mol. The number of para-hydroxylation sites is 2. The molecule has 0 saturated heterocycles. The van der Waals surface area contributed by atoms with Crippen LogP contribution < -0.4 is 14.4 Å². The molecule has 2 heterocycles. The number of anilines is 1. The van der Waals surface area contributed by atoms with E-state index < -0.39 is 5.97 Å². The van der Waals surface area contributed by atoms with Crippen molar-refractivity contribution >= 4 is 28.5 Å². The highest BCUT2D eigenvalue weighted by Crippen LogP contribution is 2.32. The maximum atomic E-state index is 13.6. The summed E-state index contributed by atoms with van der Waals surface area (Å²) in [6.45, 7) is 3.14. The molecule has 0 unspecified atom stereocenters. The van der Waals surface area contributed by atoms with Crippen LogP contribution in [0, 0.1) is 6.92 Å². The smallest absolute Gasteiger partial charge is 0.339 e. The Balaban J connectivity index is 1.14. The summed E-state index contributed by atoms with van der Waals surface area (Å²) in [5.41, 5.74) is 4.30. The van der Waals surface area contributed by atoms with Crippen LogP contribution in [0.25, 0.3) is 10.9 Å². The summed E-state index contributed by atoms with van der Waals surface area (Å²) < 4.78 is 19.3. The highest BCUT2D eigenvalue weighted by atomic mass is 16.5. The van der Waals surface area contributed by atoms with Crippen LogP contribution in [0.1, 0.15) is 32.0 Å². The number of nitrogens with zero attached hydrogens (tertiary/aromatic N) is 2. The van der Waals surface area contributed by atoms with Crippen LogP contribution in [0.15, 0.2) is 103 Å². The predicted octanol–water partition coefficient (Wildman–Crippen LogP) is 6.27. The Morgan fingerprint density at radius 2 is 1.66 bits per heavy atom. The van der Waals surface area contributed by atoms with Crippen LogP contribution in [-0.4, -0.2) is 42.7 Å². The van der Waals surface area contributed by atoms with E-state index in [4.69, 9.17) is 14.2 Å². The lowest BCUT2D eigenvalue weighted by atomic mass is 10.1. The first-order chi connectivity index (χ1) is 20.0. The van der Waals surface area contributed by atoms with Crippen LogP contribution in [0.4, 0.5) is 5.69 Å². The first-order valence-corrected chi connectivity index (χ1v) is 13.5. The van der Waals surface area contributed by atoms with Crippen LogP contribution in [0.5, 0.6) is 11.5 Å². The van der Waals surface area contributed by atoms with Crippen LogP contribution >= 0.6 is 0 Å². The third-order valence-electron chi connectivity index (χ3n) is 7.25. The summed E-state index contributed by atoms with van der Waals surface area (Å²) in [6.07, 6.45) is -0.112. The fraction of sp³-hybridized carbons (Fsp3) is 0.176. The summed E-state index contributed by atoms with van der Waals surface area (Å²) in [6, 6.07) is 31.8. The van der Waals surface area contributed by atoms with Gasteiger partial charge in [0, 0.05) is 23.7 Å². The lowest BCUT2D eigenvalue weighted by molar-refractivity contribution is 0.0475. The molecular weight excluding hydrogens is 516 g/mol. The van der Waals surface area contributed by atoms with Gasteiger partial charge in [0.15, 0.2) is 0 Å². The number of carbonyl (C=O) groups is 2. The van der Waals surface area contributed by atoms with Gasteiger partial charge in [-0.2, -0.15) is 0 Å². The van der Waals surface area contributed by atoms with Crippen molar-refractivity contribution in [1.82, 2.24) is 4.57 Å². The zero-order valence-corrected chi connectivity index (χ0v) is 22.9. The van der Waals surface area contributed by atoms with E-state index in [-0.39, 0.29) is 18.6 Å². The zero-order valence-electron chi connectivity index (χ0n) is 22.9. The van der Waals surface area contributed by atoms with Gasteiger partial charge in [-0.05, 0) is 67.1 Å². The minimum absolute atomic E-state index is 0.112. The van der Waals surface area contributed by atoms with Gasteiger partial charge < -0.3 is 19.1 Å². The summed E-state index contributed by atoms with van der Waals surface area (Å²) >= 11 is 0. The Kier molecular flexibility index (Phi) is 7.17. The zero-order chi connectivity index (χ0) is 28.3. The minimum Gasteiger partial charge on any atom is -0.490 e. The summed E-state index contributed by atoms with van der Waals surface area (Å²) in [7, 11) is 2.04. The number of esters is 1. The normalized spacial score (nSPS) is 14.3. The SMILES string of the molecule is Cc1cc2c(C(=O)OCc3ccccc3)cccc2n1C(=O)c1ccc(OC[C@@H]2CN(C)c3ccccc3O2)cc1.